The largest absolute Gasteiger partial charge is 0.252 e. The van der Waals surface area contributed by atoms with E-state index in [0.717, 1.165) is 5.56 Å². The summed E-state index contributed by atoms with van der Waals surface area (Å²) in [6.07, 6.45) is 2.97. The molecular weight excluding hydrogens is 276 g/mol. The molecule has 0 amide bonds. The average Bonchev–Trinajstić information content (AvgIpc) is 2.83. The predicted molar refractivity (Wildman–Crippen MR) is 76.9 cm³/mol. The Morgan fingerprint density at radius 3 is 2.60 bits per heavy atom. The Morgan fingerprint density at radius 1 is 1.30 bits per heavy atom. The molecule has 6 nitrogen and oxygen atoms in total. The van der Waals surface area contributed by atoms with Gasteiger partial charge in [-0.3, -0.25) is 4.68 Å². The zero-order valence-electron chi connectivity index (χ0n) is 11.3. The molecule has 0 saturated heterocycles. The Kier molecular flexibility index (Phi) is 4.31. The molecule has 1 heterocycles. The SMILES string of the molecule is CN(Cc1ncnn1C)S(=O)(=O)/C=C\c1ccccc1. The lowest BCUT2D eigenvalue weighted by atomic mass is 10.2. The van der Waals surface area contributed by atoms with Crippen LogP contribution in [0.3, 0.4) is 0 Å². The van der Waals surface area contributed by atoms with Gasteiger partial charge in [-0.2, -0.15) is 9.40 Å². The van der Waals surface area contributed by atoms with Crippen molar-refractivity contribution in [3.05, 3.63) is 53.5 Å². The molecule has 1 aromatic carbocycles. The molecule has 0 bridgehead atoms. The Labute approximate surface area is 118 Å². The quantitative estimate of drug-likeness (QED) is 0.831. The first-order chi connectivity index (χ1) is 9.49. The van der Waals surface area contributed by atoms with Crippen molar-refractivity contribution in [2.45, 2.75) is 6.54 Å². The highest BCUT2D eigenvalue weighted by atomic mass is 32.2. The van der Waals surface area contributed by atoms with Gasteiger partial charge < -0.3 is 0 Å². The number of aryl methyl sites for hydroxylation is 1. The molecule has 0 spiro atoms. The molecule has 2 rings (SSSR count). The van der Waals surface area contributed by atoms with Gasteiger partial charge in [0.15, 0.2) is 0 Å². The second kappa shape index (κ2) is 5.98. The molecule has 0 radical (unpaired) electrons. The fourth-order valence-corrected chi connectivity index (χ4v) is 2.42. The zero-order valence-corrected chi connectivity index (χ0v) is 12.2. The Bertz CT molecular complexity index is 692. The number of aromatic nitrogens is 3. The molecule has 0 fully saturated rings. The van der Waals surface area contributed by atoms with E-state index < -0.39 is 10.0 Å². The number of hydrogen-bond donors (Lipinski definition) is 0. The first-order valence-corrected chi connectivity index (χ1v) is 7.52. The summed E-state index contributed by atoms with van der Waals surface area (Å²) >= 11 is 0. The standard InChI is InChI=1S/C13H16N4O2S/c1-16(10-13-14-11-15-17(13)2)20(18,19)9-8-12-6-4-3-5-7-12/h3-9,11H,10H2,1-2H3/b9-8-. The number of benzene rings is 1. The van der Waals surface area contributed by atoms with Gasteiger partial charge in [0.25, 0.3) is 0 Å². The lowest BCUT2D eigenvalue weighted by molar-refractivity contribution is 0.455. The summed E-state index contributed by atoms with van der Waals surface area (Å²) in [4.78, 5) is 4.01. The second-order valence-electron chi connectivity index (χ2n) is 4.31. The minimum Gasteiger partial charge on any atom is -0.252 e. The van der Waals surface area contributed by atoms with Gasteiger partial charge in [0.1, 0.15) is 12.2 Å². The van der Waals surface area contributed by atoms with Crippen molar-refractivity contribution >= 4 is 16.1 Å². The van der Waals surface area contributed by atoms with Crippen LogP contribution in [0.1, 0.15) is 11.4 Å². The molecule has 0 atom stereocenters. The molecule has 0 aliphatic carbocycles. The highest BCUT2D eigenvalue weighted by molar-refractivity contribution is 7.92. The van der Waals surface area contributed by atoms with E-state index in [-0.39, 0.29) is 6.54 Å². The van der Waals surface area contributed by atoms with Crippen LogP contribution in [0.2, 0.25) is 0 Å². The molecule has 2 aromatic rings. The summed E-state index contributed by atoms with van der Waals surface area (Å²) in [5.74, 6) is 0.587. The Balaban J connectivity index is 2.10. The Hall–Kier alpha value is -1.99. The first-order valence-electron chi connectivity index (χ1n) is 6.01. The fraction of sp³-hybridized carbons (Fsp3) is 0.231. The van der Waals surface area contributed by atoms with Crippen molar-refractivity contribution in [1.82, 2.24) is 19.1 Å². The van der Waals surface area contributed by atoms with Crippen LogP contribution < -0.4 is 0 Å². The van der Waals surface area contributed by atoms with E-state index in [1.165, 1.54) is 23.1 Å². The van der Waals surface area contributed by atoms with Gasteiger partial charge in [-0.05, 0) is 11.6 Å². The number of nitrogens with zero attached hydrogens (tertiary/aromatic N) is 4. The maximum absolute atomic E-state index is 12.1. The van der Waals surface area contributed by atoms with Crippen LogP contribution >= 0.6 is 0 Å². The topological polar surface area (TPSA) is 68.1 Å². The van der Waals surface area contributed by atoms with Crippen molar-refractivity contribution in [2.75, 3.05) is 7.05 Å². The summed E-state index contributed by atoms with van der Waals surface area (Å²) < 4.78 is 27.0. The molecule has 0 saturated carbocycles. The van der Waals surface area contributed by atoms with Crippen LogP contribution in [-0.2, 0) is 23.6 Å². The maximum atomic E-state index is 12.1. The highest BCUT2D eigenvalue weighted by Gasteiger charge is 2.16. The van der Waals surface area contributed by atoms with Crippen molar-refractivity contribution in [3.8, 4) is 0 Å². The van der Waals surface area contributed by atoms with Crippen LogP contribution in [0.15, 0.2) is 42.1 Å². The number of sulfonamides is 1. The van der Waals surface area contributed by atoms with Crippen LogP contribution in [0.5, 0.6) is 0 Å². The van der Waals surface area contributed by atoms with Crippen molar-refractivity contribution in [1.29, 1.82) is 0 Å². The van der Waals surface area contributed by atoms with E-state index in [1.54, 1.807) is 17.8 Å². The third-order valence-corrected chi connectivity index (χ3v) is 4.31. The summed E-state index contributed by atoms with van der Waals surface area (Å²) in [5, 5.41) is 5.10. The summed E-state index contributed by atoms with van der Waals surface area (Å²) in [5.41, 5.74) is 0.836. The van der Waals surface area contributed by atoms with Gasteiger partial charge in [0.2, 0.25) is 10.0 Å². The normalized spacial score (nSPS) is 12.3. The van der Waals surface area contributed by atoms with Gasteiger partial charge in [-0.25, -0.2) is 13.4 Å². The van der Waals surface area contributed by atoms with Gasteiger partial charge in [-0.15, -0.1) is 0 Å². The lowest BCUT2D eigenvalue weighted by Gasteiger charge is -2.13. The minimum absolute atomic E-state index is 0.179. The molecule has 0 N–H and O–H groups in total. The second-order valence-corrected chi connectivity index (χ2v) is 6.24. The van der Waals surface area contributed by atoms with E-state index in [1.807, 2.05) is 30.3 Å². The van der Waals surface area contributed by atoms with Crippen LogP contribution in [0.25, 0.3) is 6.08 Å². The first kappa shape index (κ1) is 14.4. The maximum Gasteiger partial charge on any atom is 0.236 e. The fourth-order valence-electron chi connectivity index (χ4n) is 1.59. The van der Waals surface area contributed by atoms with Crippen LogP contribution in [-0.4, -0.2) is 34.5 Å². The third-order valence-electron chi connectivity index (χ3n) is 2.84. The summed E-state index contributed by atoms with van der Waals surface area (Å²) in [6.45, 7) is 0.179. The van der Waals surface area contributed by atoms with Gasteiger partial charge in [0, 0.05) is 19.5 Å². The van der Waals surface area contributed by atoms with Crippen LogP contribution in [0, 0.1) is 0 Å². The molecule has 0 aliphatic rings. The van der Waals surface area contributed by atoms with Crippen molar-refractivity contribution < 1.29 is 8.42 Å². The van der Waals surface area contributed by atoms with Gasteiger partial charge >= 0.3 is 0 Å². The Morgan fingerprint density at radius 2 is 2.00 bits per heavy atom. The highest BCUT2D eigenvalue weighted by Crippen LogP contribution is 2.09. The molecule has 0 aliphatic heterocycles. The van der Waals surface area contributed by atoms with E-state index in [9.17, 15) is 8.42 Å². The van der Waals surface area contributed by atoms with Gasteiger partial charge in [0.05, 0.1) is 6.54 Å². The summed E-state index contributed by atoms with van der Waals surface area (Å²) in [7, 11) is -0.242. The molecule has 1 aromatic heterocycles. The molecular formula is C13H16N4O2S. The average molecular weight is 292 g/mol. The molecule has 106 valence electrons. The van der Waals surface area contributed by atoms with E-state index in [2.05, 4.69) is 10.1 Å². The molecule has 0 unspecified atom stereocenters. The third kappa shape index (κ3) is 3.52. The van der Waals surface area contributed by atoms with E-state index in [4.69, 9.17) is 0 Å². The molecule has 20 heavy (non-hydrogen) atoms. The molecule has 7 heteroatoms. The van der Waals surface area contributed by atoms with E-state index >= 15 is 0 Å². The minimum atomic E-state index is -3.48. The number of hydrogen-bond acceptors (Lipinski definition) is 4. The van der Waals surface area contributed by atoms with Crippen molar-refractivity contribution in [3.63, 3.8) is 0 Å². The van der Waals surface area contributed by atoms with Crippen LogP contribution in [0.4, 0.5) is 0 Å². The van der Waals surface area contributed by atoms with Crippen molar-refractivity contribution in [2.24, 2.45) is 7.05 Å². The smallest absolute Gasteiger partial charge is 0.236 e. The van der Waals surface area contributed by atoms with E-state index in [0.29, 0.717) is 5.82 Å². The number of rotatable bonds is 5. The zero-order chi connectivity index (χ0) is 14.6. The summed E-state index contributed by atoms with van der Waals surface area (Å²) in [6, 6.07) is 9.28. The monoisotopic (exact) mass is 292 g/mol. The predicted octanol–water partition coefficient (Wildman–Crippen LogP) is 1.25. The lowest BCUT2D eigenvalue weighted by Crippen LogP contribution is -2.25. The van der Waals surface area contributed by atoms with Gasteiger partial charge in [-0.1, -0.05) is 30.3 Å².